The minimum atomic E-state index is 0.188. The van der Waals surface area contributed by atoms with Crippen molar-refractivity contribution < 1.29 is 0 Å². The first-order chi connectivity index (χ1) is 4.88. The summed E-state index contributed by atoms with van der Waals surface area (Å²) in [7, 11) is 0. The van der Waals surface area contributed by atoms with E-state index in [1.807, 2.05) is 0 Å². The van der Waals surface area contributed by atoms with Crippen LogP contribution in [0.25, 0.3) is 0 Å². The van der Waals surface area contributed by atoms with E-state index in [1.165, 1.54) is 12.8 Å². The molecule has 0 saturated heterocycles. The van der Waals surface area contributed by atoms with Gasteiger partial charge >= 0.3 is 73.4 Å². The maximum atomic E-state index is 2.40. The second kappa shape index (κ2) is 4.21. The van der Waals surface area contributed by atoms with Crippen LogP contribution in [-0.4, -0.2) is 20.9 Å². The predicted octanol–water partition coefficient (Wildman–Crippen LogP) is 2.75. The van der Waals surface area contributed by atoms with E-state index in [9.17, 15) is 0 Å². The molecule has 0 radical (unpaired) electrons. The number of hydrogen-bond acceptors (Lipinski definition) is 0. The summed E-state index contributed by atoms with van der Waals surface area (Å²) >= 11 is 0.188. The van der Waals surface area contributed by atoms with Crippen molar-refractivity contribution in [2.75, 3.05) is 0 Å². The van der Waals surface area contributed by atoms with Gasteiger partial charge in [-0.1, -0.05) is 0 Å². The van der Waals surface area contributed by atoms with E-state index in [0.717, 1.165) is 3.97 Å². The molecule has 0 nitrogen and oxygen atoms in total. The molecule has 0 spiro atoms. The van der Waals surface area contributed by atoms with Crippen molar-refractivity contribution in [2.45, 2.75) is 30.7 Å². The second-order valence-corrected chi connectivity index (χ2v) is 5.63. The van der Waals surface area contributed by atoms with Crippen LogP contribution in [0.3, 0.4) is 0 Å². The third kappa shape index (κ3) is 1.87. The van der Waals surface area contributed by atoms with Gasteiger partial charge in [-0.2, -0.15) is 0 Å². The third-order valence-electron chi connectivity index (χ3n) is 1.82. The SMILES string of the molecule is CCC1=CC=C[Te]C1CC. The van der Waals surface area contributed by atoms with E-state index < -0.39 is 0 Å². The molecule has 10 heavy (non-hydrogen) atoms. The summed E-state index contributed by atoms with van der Waals surface area (Å²) in [6.45, 7) is 4.57. The summed E-state index contributed by atoms with van der Waals surface area (Å²) in [5.74, 6) is 0. The molecule has 0 fully saturated rings. The Morgan fingerprint density at radius 3 is 2.80 bits per heavy atom. The Morgan fingerprint density at radius 2 is 2.30 bits per heavy atom. The normalized spacial score (nSPS) is 24.6. The van der Waals surface area contributed by atoms with Crippen LogP contribution in [0.5, 0.6) is 0 Å². The molecular formula is C9H14Te. The van der Waals surface area contributed by atoms with Crippen LogP contribution >= 0.6 is 0 Å². The fraction of sp³-hybridized carbons (Fsp3) is 0.556. The fourth-order valence-corrected chi connectivity index (χ4v) is 3.97. The second-order valence-electron chi connectivity index (χ2n) is 2.46. The van der Waals surface area contributed by atoms with Gasteiger partial charge in [0.1, 0.15) is 0 Å². The molecule has 0 bridgehead atoms. The molecule has 1 unspecified atom stereocenters. The van der Waals surface area contributed by atoms with Gasteiger partial charge in [0.25, 0.3) is 0 Å². The zero-order chi connectivity index (χ0) is 7.40. The van der Waals surface area contributed by atoms with Crippen LogP contribution < -0.4 is 0 Å². The Labute approximate surface area is 73.5 Å². The molecule has 1 aliphatic rings. The molecule has 0 aromatic heterocycles. The van der Waals surface area contributed by atoms with Crippen molar-refractivity contribution in [1.82, 2.24) is 0 Å². The summed E-state index contributed by atoms with van der Waals surface area (Å²) < 4.78 is 3.37. The number of rotatable bonds is 2. The molecule has 0 amide bonds. The monoisotopic (exact) mass is 252 g/mol. The number of allylic oxidation sites excluding steroid dienone is 3. The molecule has 1 heterocycles. The van der Waals surface area contributed by atoms with Gasteiger partial charge in [-0.25, -0.2) is 0 Å². The molecule has 1 rings (SSSR count). The van der Waals surface area contributed by atoms with Gasteiger partial charge in [-0.3, -0.25) is 0 Å². The number of hydrogen-bond donors (Lipinski definition) is 0. The predicted molar refractivity (Wildman–Crippen MR) is 47.3 cm³/mol. The average molecular weight is 250 g/mol. The summed E-state index contributed by atoms with van der Waals surface area (Å²) in [5, 5.41) is 0. The Morgan fingerprint density at radius 1 is 1.50 bits per heavy atom. The Bertz CT molecular complexity index is 156. The molecule has 1 atom stereocenters. The van der Waals surface area contributed by atoms with E-state index in [2.05, 4.69) is 30.1 Å². The summed E-state index contributed by atoms with van der Waals surface area (Å²) in [4.78, 5) is 0. The summed E-state index contributed by atoms with van der Waals surface area (Å²) in [6, 6.07) is 0. The van der Waals surface area contributed by atoms with Crippen LogP contribution in [0.1, 0.15) is 26.7 Å². The molecule has 0 aliphatic carbocycles. The van der Waals surface area contributed by atoms with E-state index in [1.54, 1.807) is 5.57 Å². The average Bonchev–Trinajstić information content (AvgIpc) is 2.04. The van der Waals surface area contributed by atoms with Crippen molar-refractivity contribution in [3.05, 3.63) is 21.8 Å². The van der Waals surface area contributed by atoms with Crippen molar-refractivity contribution in [3.8, 4) is 0 Å². The molecular weight excluding hydrogens is 236 g/mol. The van der Waals surface area contributed by atoms with Gasteiger partial charge in [0.05, 0.1) is 0 Å². The Hall–Kier alpha value is 0.270. The van der Waals surface area contributed by atoms with Crippen LogP contribution in [-0.2, 0) is 0 Å². The topological polar surface area (TPSA) is 0 Å². The van der Waals surface area contributed by atoms with E-state index in [-0.39, 0.29) is 20.9 Å². The Balaban J connectivity index is 2.61. The Kier molecular flexibility index (Phi) is 3.52. The molecule has 1 aliphatic heterocycles. The van der Waals surface area contributed by atoms with Crippen LogP contribution in [0.15, 0.2) is 21.8 Å². The third-order valence-corrected chi connectivity index (χ3v) is 5.47. The van der Waals surface area contributed by atoms with E-state index in [0.29, 0.717) is 0 Å². The van der Waals surface area contributed by atoms with Crippen LogP contribution in [0, 0.1) is 0 Å². The van der Waals surface area contributed by atoms with Gasteiger partial charge in [0.15, 0.2) is 0 Å². The van der Waals surface area contributed by atoms with Crippen molar-refractivity contribution in [1.29, 1.82) is 0 Å². The standard InChI is InChI=1S/C9H14Te/c1-3-8-6-5-7-10-9(8)4-2/h5-7,9H,3-4H2,1-2H3. The maximum absolute atomic E-state index is 2.40. The zero-order valence-corrected chi connectivity index (χ0v) is 8.96. The molecule has 0 aromatic rings. The molecule has 1 heteroatoms. The van der Waals surface area contributed by atoms with Crippen LogP contribution in [0.4, 0.5) is 0 Å². The van der Waals surface area contributed by atoms with Gasteiger partial charge in [0, 0.05) is 0 Å². The quantitative estimate of drug-likeness (QED) is 0.661. The fourth-order valence-electron chi connectivity index (χ4n) is 1.20. The van der Waals surface area contributed by atoms with E-state index in [4.69, 9.17) is 0 Å². The van der Waals surface area contributed by atoms with E-state index >= 15 is 0 Å². The first-order valence-corrected chi connectivity index (χ1v) is 6.58. The van der Waals surface area contributed by atoms with Gasteiger partial charge in [-0.05, 0) is 0 Å². The molecule has 56 valence electrons. The van der Waals surface area contributed by atoms with Crippen molar-refractivity contribution >= 4 is 20.9 Å². The summed E-state index contributed by atoms with van der Waals surface area (Å²) in [5.41, 5.74) is 1.69. The van der Waals surface area contributed by atoms with Gasteiger partial charge < -0.3 is 0 Å². The molecule has 0 N–H and O–H groups in total. The van der Waals surface area contributed by atoms with Gasteiger partial charge in [0.2, 0.25) is 0 Å². The van der Waals surface area contributed by atoms with Crippen LogP contribution in [0.2, 0.25) is 3.97 Å². The van der Waals surface area contributed by atoms with Gasteiger partial charge in [-0.15, -0.1) is 0 Å². The minimum absolute atomic E-state index is 0.188. The zero-order valence-electron chi connectivity index (χ0n) is 6.63. The first kappa shape index (κ1) is 8.37. The first-order valence-electron chi connectivity index (χ1n) is 3.89. The molecule has 0 saturated carbocycles. The molecule has 0 aromatic carbocycles. The summed E-state index contributed by atoms with van der Waals surface area (Å²) in [6.07, 6.45) is 7.16. The van der Waals surface area contributed by atoms with Crippen molar-refractivity contribution in [2.24, 2.45) is 0 Å². The van der Waals surface area contributed by atoms with Crippen molar-refractivity contribution in [3.63, 3.8) is 0 Å².